The van der Waals surface area contributed by atoms with Crippen LogP contribution in [0.3, 0.4) is 0 Å². The molecule has 2 rings (SSSR count). The highest BCUT2D eigenvalue weighted by molar-refractivity contribution is 5.75. The highest BCUT2D eigenvalue weighted by Crippen LogP contribution is 2.18. The van der Waals surface area contributed by atoms with Crippen molar-refractivity contribution in [3.05, 3.63) is 60.2 Å². The van der Waals surface area contributed by atoms with Gasteiger partial charge in [-0.3, -0.25) is 4.79 Å². The van der Waals surface area contributed by atoms with Gasteiger partial charge in [-0.2, -0.15) is 0 Å². The molecule has 0 saturated heterocycles. The van der Waals surface area contributed by atoms with Crippen LogP contribution in [0, 0.1) is 0 Å². The number of hydrogen-bond acceptors (Lipinski definition) is 3. The van der Waals surface area contributed by atoms with Crippen molar-refractivity contribution in [3.8, 4) is 11.5 Å². The van der Waals surface area contributed by atoms with Crippen molar-refractivity contribution in [1.82, 2.24) is 0 Å². The number of carbonyl (C=O) groups excluding carboxylic acids is 1. The quantitative estimate of drug-likeness (QED) is 0.594. The average molecular weight is 270 g/mol. The Morgan fingerprint density at radius 3 is 2.25 bits per heavy atom. The Balaban J connectivity index is 1.88. The van der Waals surface area contributed by atoms with E-state index < -0.39 is 0 Å². The van der Waals surface area contributed by atoms with Crippen LogP contribution < -0.4 is 9.47 Å². The fraction of sp³-hybridized carbons (Fsp3) is 0.235. The van der Waals surface area contributed by atoms with E-state index in [4.69, 9.17) is 9.47 Å². The van der Waals surface area contributed by atoms with Crippen LogP contribution in [-0.4, -0.2) is 12.6 Å². The first-order valence-corrected chi connectivity index (χ1v) is 6.75. The standard InChI is InChI=1S/C17H18O3/c1-2-12-19-15-8-10-16(11-9-15)20-17(18)13-14-6-4-3-5-7-14/h3-11H,2,12-13H2,1H3. The molecule has 0 aliphatic rings. The van der Waals surface area contributed by atoms with Crippen LogP contribution >= 0.6 is 0 Å². The summed E-state index contributed by atoms with van der Waals surface area (Å²) in [5.74, 6) is 1.06. The first-order valence-electron chi connectivity index (χ1n) is 6.75. The molecule has 2 aromatic rings. The van der Waals surface area contributed by atoms with Gasteiger partial charge in [0.15, 0.2) is 0 Å². The smallest absolute Gasteiger partial charge is 0.315 e. The molecule has 104 valence electrons. The molecule has 0 atom stereocenters. The molecular weight excluding hydrogens is 252 g/mol. The first-order chi connectivity index (χ1) is 9.78. The predicted molar refractivity (Wildman–Crippen MR) is 78.0 cm³/mol. The lowest BCUT2D eigenvalue weighted by atomic mass is 10.2. The van der Waals surface area contributed by atoms with Crippen LogP contribution in [0.2, 0.25) is 0 Å². The third kappa shape index (κ3) is 4.43. The van der Waals surface area contributed by atoms with Gasteiger partial charge in [0.2, 0.25) is 0 Å². The summed E-state index contributed by atoms with van der Waals surface area (Å²) in [6.07, 6.45) is 1.24. The van der Waals surface area contributed by atoms with Crippen molar-refractivity contribution < 1.29 is 14.3 Å². The Labute approximate surface area is 119 Å². The summed E-state index contributed by atoms with van der Waals surface area (Å²) in [6, 6.07) is 16.6. The average Bonchev–Trinajstić information content (AvgIpc) is 2.47. The van der Waals surface area contributed by atoms with Gasteiger partial charge in [0.1, 0.15) is 11.5 Å². The van der Waals surface area contributed by atoms with Crippen LogP contribution in [-0.2, 0) is 11.2 Å². The van der Waals surface area contributed by atoms with Crippen LogP contribution in [0.1, 0.15) is 18.9 Å². The summed E-state index contributed by atoms with van der Waals surface area (Å²) >= 11 is 0. The molecule has 0 saturated carbocycles. The maximum Gasteiger partial charge on any atom is 0.315 e. The van der Waals surface area contributed by atoms with Crippen LogP contribution in [0.25, 0.3) is 0 Å². The van der Waals surface area contributed by atoms with Crippen molar-refractivity contribution in [1.29, 1.82) is 0 Å². The largest absolute Gasteiger partial charge is 0.494 e. The number of ether oxygens (including phenoxy) is 2. The Morgan fingerprint density at radius 1 is 0.950 bits per heavy atom. The molecule has 0 bridgehead atoms. The Morgan fingerprint density at radius 2 is 1.60 bits per heavy atom. The number of hydrogen-bond donors (Lipinski definition) is 0. The molecule has 2 aromatic carbocycles. The third-order valence-corrected chi connectivity index (χ3v) is 2.72. The summed E-state index contributed by atoms with van der Waals surface area (Å²) in [5.41, 5.74) is 0.945. The minimum Gasteiger partial charge on any atom is -0.494 e. The predicted octanol–water partition coefficient (Wildman–Crippen LogP) is 3.62. The molecule has 0 fully saturated rings. The minimum atomic E-state index is -0.265. The molecule has 0 aromatic heterocycles. The second-order valence-electron chi connectivity index (χ2n) is 4.46. The van der Waals surface area contributed by atoms with E-state index in [0.29, 0.717) is 12.4 Å². The van der Waals surface area contributed by atoms with Crippen LogP contribution in [0.15, 0.2) is 54.6 Å². The Bertz CT molecular complexity index is 532. The van der Waals surface area contributed by atoms with Crippen molar-refractivity contribution >= 4 is 5.97 Å². The SMILES string of the molecule is CCCOc1ccc(OC(=O)Cc2ccccc2)cc1. The molecule has 3 nitrogen and oxygen atoms in total. The van der Waals surface area contributed by atoms with Crippen molar-refractivity contribution in [2.24, 2.45) is 0 Å². The molecule has 0 aliphatic carbocycles. The molecule has 0 aliphatic heterocycles. The summed E-state index contributed by atoms with van der Waals surface area (Å²) in [6.45, 7) is 2.74. The van der Waals surface area contributed by atoms with E-state index in [1.807, 2.05) is 30.3 Å². The van der Waals surface area contributed by atoms with Crippen molar-refractivity contribution in [2.75, 3.05) is 6.61 Å². The van der Waals surface area contributed by atoms with Crippen LogP contribution in [0.5, 0.6) is 11.5 Å². The molecule has 20 heavy (non-hydrogen) atoms. The normalized spacial score (nSPS) is 10.1. The van der Waals surface area contributed by atoms with Gasteiger partial charge in [0.25, 0.3) is 0 Å². The molecule has 0 N–H and O–H groups in total. The van der Waals surface area contributed by atoms with E-state index in [0.717, 1.165) is 17.7 Å². The lowest BCUT2D eigenvalue weighted by molar-refractivity contribution is -0.133. The summed E-state index contributed by atoms with van der Waals surface area (Å²) in [5, 5.41) is 0. The van der Waals surface area contributed by atoms with Gasteiger partial charge >= 0.3 is 5.97 Å². The van der Waals surface area contributed by atoms with E-state index in [-0.39, 0.29) is 12.4 Å². The lowest BCUT2D eigenvalue weighted by Crippen LogP contribution is -2.11. The van der Waals surface area contributed by atoms with E-state index in [2.05, 4.69) is 6.92 Å². The highest BCUT2D eigenvalue weighted by atomic mass is 16.5. The van der Waals surface area contributed by atoms with Gasteiger partial charge in [0.05, 0.1) is 13.0 Å². The van der Waals surface area contributed by atoms with Gasteiger partial charge in [-0.05, 0) is 36.2 Å². The van der Waals surface area contributed by atoms with Gasteiger partial charge in [-0.1, -0.05) is 37.3 Å². The summed E-state index contributed by atoms with van der Waals surface area (Å²) in [4.78, 5) is 11.8. The molecular formula is C17H18O3. The van der Waals surface area contributed by atoms with Crippen LogP contribution in [0.4, 0.5) is 0 Å². The van der Waals surface area contributed by atoms with E-state index in [1.165, 1.54) is 0 Å². The molecule has 0 spiro atoms. The second-order valence-corrected chi connectivity index (χ2v) is 4.46. The fourth-order valence-corrected chi connectivity index (χ4v) is 1.75. The third-order valence-electron chi connectivity index (χ3n) is 2.72. The molecule has 0 unspecified atom stereocenters. The maximum absolute atomic E-state index is 11.8. The molecule has 0 amide bonds. The molecule has 3 heteroatoms. The zero-order valence-electron chi connectivity index (χ0n) is 11.5. The maximum atomic E-state index is 11.8. The Kier molecular flexibility index (Phi) is 5.18. The molecule has 0 heterocycles. The van der Waals surface area contributed by atoms with Crippen molar-refractivity contribution in [2.45, 2.75) is 19.8 Å². The number of benzene rings is 2. The van der Waals surface area contributed by atoms with Gasteiger partial charge in [-0.15, -0.1) is 0 Å². The highest BCUT2D eigenvalue weighted by Gasteiger charge is 2.06. The zero-order valence-corrected chi connectivity index (χ0v) is 11.5. The number of rotatable bonds is 6. The number of esters is 1. The number of carbonyl (C=O) groups is 1. The second kappa shape index (κ2) is 7.34. The summed E-state index contributed by atoms with van der Waals surface area (Å²) in [7, 11) is 0. The topological polar surface area (TPSA) is 35.5 Å². The van der Waals surface area contributed by atoms with Gasteiger partial charge in [-0.25, -0.2) is 0 Å². The van der Waals surface area contributed by atoms with E-state index >= 15 is 0 Å². The van der Waals surface area contributed by atoms with Crippen molar-refractivity contribution in [3.63, 3.8) is 0 Å². The first kappa shape index (κ1) is 14.1. The fourth-order valence-electron chi connectivity index (χ4n) is 1.75. The lowest BCUT2D eigenvalue weighted by Gasteiger charge is -2.07. The monoisotopic (exact) mass is 270 g/mol. The van der Waals surface area contributed by atoms with Gasteiger partial charge in [0, 0.05) is 0 Å². The minimum absolute atomic E-state index is 0.265. The molecule has 0 radical (unpaired) electrons. The van der Waals surface area contributed by atoms with Gasteiger partial charge < -0.3 is 9.47 Å². The zero-order chi connectivity index (χ0) is 14.2. The Hall–Kier alpha value is -2.29. The summed E-state index contributed by atoms with van der Waals surface area (Å²) < 4.78 is 10.8. The van der Waals surface area contributed by atoms with E-state index in [9.17, 15) is 4.79 Å². The van der Waals surface area contributed by atoms with E-state index in [1.54, 1.807) is 24.3 Å².